The minimum absolute atomic E-state index is 0.163. The predicted molar refractivity (Wildman–Crippen MR) is 108 cm³/mol. The molecule has 1 aromatic heterocycles. The second-order valence-electron chi connectivity index (χ2n) is 7.32. The topological polar surface area (TPSA) is 105 Å². The fourth-order valence-electron chi connectivity index (χ4n) is 3.08. The molecule has 0 aliphatic carbocycles. The highest BCUT2D eigenvalue weighted by atomic mass is 19.4. The second-order valence-corrected chi connectivity index (χ2v) is 7.32. The van der Waals surface area contributed by atoms with Gasteiger partial charge in [-0.3, -0.25) is 9.69 Å². The van der Waals surface area contributed by atoms with Crippen LogP contribution in [-0.4, -0.2) is 69.1 Å². The number of aryl methyl sites for hydroxylation is 2. The first-order valence-corrected chi connectivity index (χ1v) is 9.96. The first kappa shape index (κ1) is 25.3. The van der Waals surface area contributed by atoms with Gasteiger partial charge in [0.25, 0.3) is 0 Å². The van der Waals surface area contributed by atoms with Gasteiger partial charge in [0.2, 0.25) is 0 Å². The van der Waals surface area contributed by atoms with Crippen LogP contribution in [0.25, 0.3) is 0 Å². The lowest BCUT2D eigenvalue weighted by atomic mass is 10.0. The maximum Gasteiger partial charge on any atom is 0.490 e. The van der Waals surface area contributed by atoms with Crippen LogP contribution in [0, 0.1) is 6.92 Å². The number of carbonyl (C=O) groups is 2. The van der Waals surface area contributed by atoms with Crippen LogP contribution in [0.3, 0.4) is 0 Å². The van der Waals surface area contributed by atoms with Gasteiger partial charge in [-0.25, -0.2) is 9.78 Å². The summed E-state index contributed by atoms with van der Waals surface area (Å²) in [5.74, 6) is -2.46. The zero-order valence-corrected chi connectivity index (χ0v) is 17.6. The maximum absolute atomic E-state index is 10.8. The van der Waals surface area contributed by atoms with Crippen LogP contribution in [0.15, 0.2) is 30.6 Å². The van der Waals surface area contributed by atoms with Crippen molar-refractivity contribution in [3.05, 3.63) is 53.1 Å². The molecule has 1 fully saturated rings. The third-order valence-corrected chi connectivity index (χ3v) is 4.89. The fourth-order valence-corrected chi connectivity index (χ4v) is 3.08. The molecule has 1 aromatic carbocycles. The molecule has 3 rings (SSSR count). The molecule has 8 nitrogen and oxygen atoms in total. The molecule has 32 heavy (non-hydrogen) atoms. The number of aliphatic carboxylic acids is 2. The van der Waals surface area contributed by atoms with Crippen LogP contribution in [0.1, 0.15) is 28.9 Å². The molecule has 0 spiro atoms. The Morgan fingerprint density at radius 1 is 1.16 bits per heavy atom. The molecule has 0 atom stereocenters. The summed E-state index contributed by atoms with van der Waals surface area (Å²) >= 11 is 0. The van der Waals surface area contributed by atoms with Crippen molar-refractivity contribution in [1.29, 1.82) is 0 Å². The average molecular weight is 457 g/mol. The minimum atomic E-state index is -5.08. The highest BCUT2D eigenvalue weighted by molar-refractivity contribution is 5.73. The van der Waals surface area contributed by atoms with Crippen molar-refractivity contribution >= 4 is 11.9 Å². The van der Waals surface area contributed by atoms with Crippen molar-refractivity contribution in [3.63, 3.8) is 0 Å². The van der Waals surface area contributed by atoms with Gasteiger partial charge < -0.3 is 19.5 Å². The Kier molecular flexibility index (Phi) is 9.21. The highest BCUT2D eigenvalue weighted by Crippen LogP contribution is 2.16. The van der Waals surface area contributed by atoms with E-state index in [-0.39, 0.29) is 6.42 Å². The molecule has 2 N–H and O–H groups in total. The predicted octanol–water partition coefficient (Wildman–Crippen LogP) is 2.72. The third-order valence-electron chi connectivity index (χ3n) is 4.89. The van der Waals surface area contributed by atoms with E-state index in [0.717, 1.165) is 50.8 Å². The summed E-state index contributed by atoms with van der Waals surface area (Å²) in [5, 5.41) is 16.0. The fraction of sp³-hybridized carbons (Fsp3) is 0.476. The Morgan fingerprint density at radius 3 is 2.41 bits per heavy atom. The van der Waals surface area contributed by atoms with Crippen molar-refractivity contribution < 1.29 is 37.7 Å². The number of nitrogens with zero attached hydrogens (tertiary/aromatic N) is 3. The van der Waals surface area contributed by atoms with Gasteiger partial charge in [0, 0.05) is 38.4 Å². The van der Waals surface area contributed by atoms with Gasteiger partial charge in [0.05, 0.1) is 19.8 Å². The number of morpholine rings is 1. The number of carboxylic acids is 2. The molecule has 2 heterocycles. The summed E-state index contributed by atoms with van der Waals surface area (Å²) in [4.78, 5) is 26.6. The quantitative estimate of drug-likeness (QED) is 0.659. The van der Waals surface area contributed by atoms with E-state index >= 15 is 0 Å². The van der Waals surface area contributed by atoms with E-state index in [1.54, 1.807) is 0 Å². The molecule has 0 bridgehead atoms. The molecule has 11 heteroatoms. The van der Waals surface area contributed by atoms with Gasteiger partial charge in [-0.1, -0.05) is 18.2 Å². The van der Waals surface area contributed by atoms with E-state index in [4.69, 9.17) is 19.7 Å². The van der Waals surface area contributed by atoms with Gasteiger partial charge in [0.1, 0.15) is 5.82 Å². The van der Waals surface area contributed by atoms with Crippen LogP contribution in [0.4, 0.5) is 13.2 Å². The molecule has 2 aromatic rings. The number of hydrogen-bond acceptors (Lipinski definition) is 5. The van der Waals surface area contributed by atoms with Crippen molar-refractivity contribution in [2.45, 2.75) is 39.0 Å². The van der Waals surface area contributed by atoms with E-state index in [0.29, 0.717) is 6.42 Å². The molecule has 1 aliphatic rings. The molecule has 0 radical (unpaired) electrons. The van der Waals surface area contributed by atoms with E-state index < -0.39 is 18.1 Å². The number of benzene rings is 1. The zero-order valence-electron chi connectivity index (χ0n) is 17.6. The number of rotatable bonds is 7. The SMILES string of the molecule is Cc1ccc(CCC(=O)O)cc1Cn1ccnc1CN1CCOCC1.O=C(O)C(F)(F)F. The molecular weight excluding hydrogens is 431 g/mol. The molecule has 1 saturated heterocycles. The summed E-state index contributed by atoms with van der Waals surface area (Å²) in [6.45, 7) is 7.12. The average Bonchev–Trinajstić information content (AvgIpc) is 3.15. The summed E-state index contributed by atoms with van der Waals surface area (Å²) in [6.07, 6.45) is -0.498. The van der Waals surface area contributed by atoms with E-state index in [2.05, 4.69) is 33.5 Å². The normalized spacial score (nSPS) is 14.5. The number of hydrogen-bond donors (Lipinski definition) is 2. The highest BCUT2D eigenvalue weighted by Gasteiger charge is 2.38. The van der Waals surface area contributed by atoms with E-state index in [1.807, 2.05) is 18.5 Å². The van der Waals surface area contributed by atoms with Crippen molar-refractivity contribution in [2.24, 2.45) is 0 Å². The minimum Gasteiger partial charge on any atom is -0.481 e. The largest absolute Gasteiger partial charge is 0.490 e. The maximum atomic E-state index is 10.8. The van der Waals surface area contributed by atoms with Gasteiger partial charge in [0.15, 0.2) is 0 Å². The first-order chi connectivity index (χ1) is 15.1. The molecule has 0 saturated carbocycles. The number of alkyl halides is 3. The Balaban J connectivity index is 0.000000451. The van der Waals surface area contributed by atoms with Crippen LogP contribution >= 0.6 is 0 Å². The van der Waals surface area contributed by atoms with E-state index in [9.17, 15) is 18.0 Å². The van der Waals surface area contributed by atoms with Crippen LogP contribution in [0.5, 0.6) is 0 Å². The van der Waals surface area contributed by atoms with Crippen molar-refractivity contribution in [2.75, 3.05) is 26.3 Å². The number of imidazole rings is 1. The number of ether oxygens (including phenoxy) is 1. The lowest BCUT2D eigenvalue weighted by molar-refractivity contribution is -0.192. The second kappa shape index (κ2) is 11.6. The standard InChI is InChI=1S/C19H25N3O3.C2HF3O2/c1-15-2-3-16(4-5-19(23)24)12-17(15)13-22-7-6-20-18(22)14-21-8-10-25-11-9-21;3-2(4,5)1(6)7/h2-3,6-7,12H,4-5,8-11,13-14H2,1H3,(H,23,24);(H,6,7). The van der Waals surface area contributed by atoms with Crippen LogP contribution in [-0.2, 0) is 33.8 Å². The van der Waals surface area contributed by atoms with Crippen LogP contribution in [0.2, 0.25) is 0 Å². The van der Waals surface area contributed by atoms with Gasteiger partial charge in [-0.2, -0.15) is 13.2 Å². The Labute approximate surface area is 183 Å². The summed E-state index contributed by atoms with van der Waals surface area (Å²) in [6, 6.07) is 6.21. The van der Waals surface area contributed by atoms with Crippen LogP contribution < -0.4 is 0 Å². The summed E-state index contributed by atoms with van der Waals surface area (Å²) < 4.78 is 39.3. The smallest absolute Gasteiger partial charge is 0.481 e. The molecule has 1 aliphatic heterocycles. The molecule has 0 amide bonds. The zero-order chi connectivity index (χ0) is 23.7. The summed E-state index contributed by atoms with van der Waals surface area (Å²) in [7, 11) is 0. The number of halogens is 3. The Bertz CT molecular complexity index is 908. The molecular formula is C21H26F3N3O5. The van der Waals surface area contributed by atoms with Gasteiger partial charge in [-0.15, -0.1) is 0 Å². The monoisotopic (exact) mass is 457 g/mol. The number of aromatic nitrogens is 2. The molecule has 176 valence electrons. The first-order valence-electron chi connectivity index (χ1n) is 9.96. The number of carboxylic acid groups (broad SMARTS) is 2. The third kappa shape index (κ3) is 8.31. The Morgan fingerprint density at radius 2 is 1.81 bits per heavy atom. The Hall–Kier alpha value is -2.92. The lowest BCUT2D eigenvalue weighted by Crippen LogP contribution is -2.36. The molecule has 0 unspecified atom stereocenters. The van der Waals surface area contributed by atoms with Gasteiger partial charge in [-0.05, 0) is 30.0 Å². The van der Waals surface area contributed by atoms with Gasteiger partial charge >= 0.3 is 18.1 Å². The van der Waals surface area contributed by atoms with Crippen molar-refractivity contribution in [3.8, 4) is 0 Å². The summed E-state index contributed by atoms with van der Waals surface area (Å²) in [5.41, 5.74) is 3.49. The lowest BCUT2D eigenvalue weighted by Gasteiger charge is -2.26. The van der Waals surface area contributed by atoms with Crippen molar-refractivity contribution in [1.82, 2.24) is 14.5 Å². The van der Waals surface area contributed by atoms with E-state index in [1.165, 1.54) is 11.1 Å².